The van der Waals surface area contributed by atoms with Crippen molar-refractivity contribution in [3.8, 4) is 0 Å². The van der Waals surface area contributed by atoms with Crippen LogP contribution >= 0.6 is 0 Å². The van der Waals surface area contributed by atoms with Crippen molar-refractivity contribution in [1.82, 2.24) is 4.90 Å². The van der Waals surface area contributed by atoms with Gasteiger partial charge in [-0.25, -0.2) is 0 Å². The van der Waals surface area contributed by atoms with Crippen LogP contribution in [0.2, 0.25) is 0 Å². The number of carbonyl (C=O) groups is 2. The number of anilines is 1. The molecule has 1 aliphatic heterocycles. The molecular formula is C24H32N3O2+. The zero-order chi connectivity index (χ0) is 21.1. The number of fused-ring (bicyclic) bond motifs is 1. The molecule has 1 aliphatic rings. The van der Waals surface area contributed by atoms with E-state index in [0.29, 0.717) is 6.54 Å². The van der Waals surface area contributed by atoms with Gasteiger partial charge in [-0.2, -0.15) is 0 Å². The van der Waals surface area contributed by atoms with E-state index in [0.717, 1.165) is 34.7 Å². The van der Waals surface area contributed by atoms with Gasteiger partial charge < -0.3 is 15.1 Å². The molecular weight excluding hydrogens is 362 g/mol. The van der Waals surface area contributed by atoms with Gasteiger partial charge in [0.25, 0.3) is 11.8 Å². The van der Waals surface area contributed by atoms with Crippen LogP contribution in [-0.2, 0) is 22.6 Å². The van der Waals surface area contributed by atoms with Crippen LogP contribution in [-0.4, -0.2) is 42.9 Å². The van der Waals surface area contributed by atoms with Gasteiger partial charge in [-0.1, -0.05) is 42.0 Å². The summed E-state index contributed by atoms with van der Waals surface area (Å²) in [5.74, 6) is 0.0358. The first-order chi connectivity index (χ1) is 13.8. The van der Waals surface area contributed by atoms with Crippen LogP contribution in [0.5, 0.6) is 0 Å². The van der Waals surface area contributed by atoms with E-state index >= 15 is 0 Å². The maximum atomic E-state index is 13.0. The molecule has 0 aliphatic carbocycles. The topological polar surface area (TPSA) is 53.9 Å². The lowest BCUT2D eigenvalue weighted by Gasteiger charge is -2.32. The molecule has 0 saturated heterocycles. The van der Waals surface area contributed by atoms with Gasteiger partial charge in [0.1, 0.15) is 0 Å². The largest absolute Gasteiger partial charge is 0.333 e. The molecule has 0 radical (unpaired) electrons. The highest BCUT2D eigenvalue weighted by atomic mass is 16.2. The summed E-state index contributed by atoms with van der Waals surface area (Å²) in [4.78, 5) is 28.4. The van der Waals surface area contributed by atoms with E-state index in [1.807, 2.05) is 44.9 Å². The molecule has 0 spiro atoms. The van der Waals surface area contributed by atoms with E-state index in [-0.39, 0.29) is 24.4 Å². The third kappa shape index (κ3) is 4.85. The summed E-state index contributed by atoms with van der Waals surface area (Å²) in [6.07, 6.45) is 0.889. The number of rotatable bonds is 5. The molecule has 1 heterocycles. The molecule has 154 valence electrons. The fourth-order valence-electron chi connectivity index (χ4n) is 4.14. The highest BCUT2D eigenvalue weighted by Crippen LogP contribution is 2.21. The first-order valence-electron chi connectivity index (χ1n) is 10.3. The van der Waals surface area contributed by atoms with Crippen molar-refractivity contribution in [2.45, 2.75) is 46.7 Å². The van der Waals surface area contributed by atoms with E-state index in [9.17, 15) is 9.59 Å². The van der Waals surface area contributed by atoms with Crippen LogP contribution in [0.1, 0.15) is 34.7 Å². The van der Waals surface area contributed by atoms with Crippen LogP contribution in [0, 0.1) is 20.8 Å². The molecule has 5 nitrogen and oxygen atoms in total. The molecule has 5 heteroatoms. The zero-order valence-corrected chi connectivity index (χ0v) is 18.1. The van der Waals surface area contributed by atoms with Gasteiger partial charge in [-0.05, 0) is 56.4 Å². The summed E-state index contributed by atoms with van der Waals surface area (Å²) >= 11 is 0. The van der Waals surface area contributed by atoms with Gasteiger partial charge in [0, 0.05) is 18.8 Å². The number of likely N-dealkylation sites (N-methyl/N-ethyl adjacent to an activating group) is 1. The Labute approximate surface area is 173 Å². The monoisotopic (exact) mass is 394 g/mol. The molecule has 1 unspecified atom stereocenters. The quantitative estimate of drug-likeness (QED) is 0.815. The molecule has 2 aromatic rings. The van der Waals surface area contributed by atoms with Gasteiger partial charge in [-0.15, -0.1) is 0 Å². The van der Waals surface area contributed by atoms with Gasteiger partial charge in [0.05, 0.1) is 7.05 Å². The van der Waals surface area contributed by atoms with Crippen molar-refractivity contribution in [2.24, 2.45) is 0 Å². The maximum absolute atomic E-state index is 13.0. The molecule has 0 aromatic heterocycles. The molecule has 2 atom stereocenters. The minimum absolute atomic E-state index is 0.0683. The Morgan fingerprint density at radius 1 is 1.10 bits per heavy atom. The van der Waals surface area contributed by atoms with E-state index in [1.54, 1.807) is 0 Å². The minimum Gasteiger partial charge on any atom is -0.333 e. The number of nitrogens with zero attached hydrogens (tertiary/aromatic N) is 1. The molecule has 0 bridgehead atoms. The second kappa shape index (κ2) is 8.78. The van der Waals surface area contributed by atoms with Crippen molar-refractivity contribution in [1.29, 1.82) is 0 Å². The summed E-state index contributed by atoms with van der Waals surface area (Å²) in [5.41, 5.74) is 6.73. The Balaban J connectivity index is 1.59. The summed E-state index contributed by atoms with van der Waals surface area (Å²) in [6, 6.07) is 12.2. The number of nitrogens with one attached hydrogen (secondary N) is 2. The minimum atomic E-state index is -0.272. The van der Waals surface area contributed by atoms with Crippen LogP contribution in [0.15, 0.2) is 36.4 Å². The summed E-state index contributed by atoms with van der Waals surface area (Å²) < 4.78 is 0. The lowest BCUT2D eigenvalue weighted by Crippen LogP contribution is -3.15. The lowest BCUT2D eigenvalue weighted by molar-refractivity contribution is -0.886. The van der Waals surface area contributed by atoms with Crippen molar-refractivity contribution in [3.63, 3.8) is 0 Å². The number of hydrogen-bond donors (Lipinski definition) is 2. The van der Waals surface area contributed by atoms with E-state index in [4.69, 9.17) is 0 Å². The normalized spacial score (nSPS) is 15.4. The maximum Gasteiger partial charge on any atom is 0.280 e. The van der Waals surface area contributed by atoms with E-state index in [2.05, 4.69) is 36.5 Å². The van der Waals surface area contributed by atoms with Gasteiger partial charge in [0.15, 0.2) is 12.6 Å². The second-order valence-corrected chi connectivity index (χ2v) is 8.35. The first kappa shape index (κ1) is 21.1. The number of aryl methyl sites for hydroxylation is 3. The van der Waals surface area contributed by atoms with Crippen LogP contribution in [0.4, 0.5) is 5.69 Å². The highest BCUT2D eigenvalue weighted by Gasteiger charge is 2.30. The fourth-order valence-corrected chi connectivity index (χ4v) is 4.14. The Hall–Kier alpha value is -2.66. The number of carbonyl (C=O) groups excluding carboxylic acids is 2. The number of quaternary nitrogens is 1. The fraction of sp³-hybridized carbons (Fsp3) is 0.417. The molecule has 3 rings (SSSR count). The highest BCUT2D eigenvalue weighted by molar-refractivity contribution is 5.93. The summed E-state index contributed by atoms with van der Waals surface area (Å²) in [5, 5.41) is 3.04. The lowest BCUT2D eigenvalue weighted by atomic mass is 9.99. The van der Waals surface area contributed by atoms with Crippen LogP contribution in [0.3, 0.4) is 0 Å². The van der Waals surface area contributed by atoms with Crippen LogP contribution in [0.25, 0.3) is 0 Å². The van der Waals surface area contributed by atoms with Gasteiger partial charge in [-0.3, -0.25) is 9.59 Å². The Kier molecular flexibility index (Phi) is 6.38. The van der Waals surface area contributed by atoms with E-state index in [1.165, 1.54) is 16.7 Å². The summed E-state index contributed by atoms with van der Waals surface area (Å²) in [6.45, 7) is 9.62. The SMILES string of the molecule is Cc1cc(C)c(NC(=O)C[NH+](C)[C@H](C)C(=O)N2CCc3ccccc3C2)c(C)c1. The number of amides is 2. The Bertz CT molecular complexity index is 899. The molecule has 2 amide bonds. The summed E-state index contributed by atoms with van der Waals surface area (Å²) in [7, 11) is 1.91. The molecule has 29 heavy (non-hydrogen) atoms. The Morgan fingerprint density at radius 3 is 2.38 bits per heavy atom. The number of hydrogen-bond acceptors (Lipinski definition) is 2. The van der Waals surface area contributed by atoms with Crippen molar-refractivity contribution in [2.75, 3.05) is 25.5 Å². The second-order valence-electron chi connectivity index (χ2n) is 8.35. The Morgan fingerprint density at radius 2 is 1.72 bits per heavy atom. The predicted molar refractivity (Wildman–Crippen MR) is 116 cm³/mol. The predicted octanol–water partition coefficient (Wildman–Crippen LogP) is 2.04. The molecule has 2 aromatic carbocycles. The number of benzene rings is 2. The average molecular weight is 395 g/mol. The molecule has 0 saturated carbocycles. The average Bonchev–Trinajstić information content (AvgIpc) is 2.69. The van der Waals surface area contributed by atoms with Gasteiger partial charge in [0.2, 0.25) is 0 Å². The third-order valence-corrected chi connectivity index (χ3v) is 5.93. The zero-order valence-electron chi connectivity index (χ0n) is 18.1. The molecule has 0 fully saturated rings. The van der Waals surface area contributed by atoms with Crippen molar-refractivity contribution >= 4 is 17.5 Å². The smallest absolute Gasteiger partial charge is 0.280 e. The van der Waals surface area contributed by atoms with Crippen molar-refractivity contribution in [3.05, 3.63) is 64.2 Å². The molecule has 2 N–H and O–H groups in total. The van der Waals surface area contributed by atoms with E-state index < -0.39 is 0 Å². The van der Waals surface area contributed by atoms with Gasteiger partial charge >= 0.3 is 0 Å². The third-order valence-electron chi connectivity index (χ3n) is 5.93. The van der Waals surface area contributed by atoms with Crippen LogP contribution < -0.4 is 10.2 Å². The first-order valence-corrected chi connectivity index (χ1v) is 10.3. The standard InChI is InChI=1S/C24H31N3O2/c1-16-12-17(2)23(18(3)13-16)25-22(28)15-26(5)19(4)24(29)27-11-10-20-8-6-7-9-21(20)14-27/h6-9,12-13,19H,10-11,14-15H2,1-5H3,(H,25,28)/p+1/t19-/m1/s1. The van der Waals surface area contributed by atoms with Crippen molar-refractivity contribution < 1.29 is 14.5 Å².